The third-order valence-electron chi connectivity index (χ3n) is 3.23. The van der Waals surface area contributed by atoms with Gasteiger partial charge in [-0.05, 0) is 38.3 Å². The fourth-order valence-corrected chi connectivity index (χ4v) is 2.40. The summed E-state index contributed by atoms with van der Waals surface area (Å²) in [6.45, 7) is 3.38. The van der Waals surface area contributed by atoms with Crippen molar-refractivity contribution in [2.24, 2.45) is 0 Å². The maximum atomic E-state index is 3.65. The van der Waals surface area contributed by atoms with Crippen molar-refractivity contribution in [2.45, 2.75) is 45.1 Å². The Morgan fingerprint density at radius 3 is 3.07 bits per heavy atom. The van der Waals surface area contributed by atoms with Crippen molar-refractivity contribution in [3.05, 3.63) is 35.4 Å². The predicted octanol–water partition coefficient (Wildman–Crippen LogP) is 3.07. The van der Waals surface area contributed by atoms with E-state index in [4.69, 9.17) is 0 Å². The largest absolute Gasteiger partial charge is 0.314 e. The molecule has 1 heteroatoms. The summed E-state index contributed by atoms with van der Waals surface area (Å²) in [4.78, 5) is 0. The van der Waals surface area contributed by atoms with Crippen LogP contribution >= 0.6 is 0 Å². The zero-order valence-electron chi connectivity index (χ0n) is 9.63. The molecule has 0 saturated carbocycles. The second-order valence-corrected chi connectivity index (χ2v) is 4.69. The van der Waals surface area contributed by atoms with E-state index in [9.17, 15) is 0 Å². The first-order valence-electron chi connectivity index (χ1n) is 6.13. The van der Waals surface area contributed by atoms with E-state index in [-0.39, 0.29) is 0 Å². The molecular formula is C14H21N. The Bertz CT molecular complexity index is 298. The molecule has 1 aliphatic heterocycles. The number of nitrogens with one attached hydrogen (secondary N) is 1. The highest BCUT2D eigenvalue weighted by molar-refractivity contribution is 5.23. The second-order valence-electron chi connectivity index (χ2n) is 4.69. The highest BCUT2D eigenvalue weighted by Gasteiger charge is 2.11. The monoisotopic (exact) mass is 203 g/mol. The van der Waals surface area contributed by atoms with Crippen molar-refractivity contribution in [3.63, 3.8) is 0 Å². The Morgan fingerprint density at radius 2 is 2.20 bits per heavy atom. The van der Waals surface area contributed by atoms with Crippen LogP contribution in [-0.4, -0.2) is 12.6 Å². The number of benzene rings is 1. The van der Waals surface area contributed by atoms with E-state index in [2.05, 4.69) is 36.5 Å². The van der Waals surface area contributed by atoms with Crippen LogP contribution in [0, 0.1) is 6.92 Å². The summed E-state index contributed by atoms with van der Waals surface area (Å²) in [6.07, 6.45) is 6.68. The summed E-state index contributed by atoms with van der Waals surface area (Å²) < 4.78 is 0. The van der Waals surface area contributed by atoms with Gasteiger partial charge in [0.25, 0.3) is 0 Å². The Labute approximate surface area is 92.9 Å². The molecule has 0 unspecified atom stereocenters. The van der Waals surface area contributed by atoms with Crippen LogP contribution in [0.4, 0.5) is 0 Å². The molecule has 15 heavy (non-hydrogen) atoms. The average Bonchev–Trinajstić information content (AvgIpc) is 2.46. The van der Waals surface area contributed by atoms with E-state index in [1.807, 2.05) is 0 Å². The van der Waals surface area contributed by atoms with Crippen LogP contribution in [0.25, 0.3) is 0 Å². The molecule has 0 spiro atoms. The normalized spacial score (nSPS) is 22.3. The lowest BCUT2D eigenvalue weighted by Gasteiger charge is -2.15. The molecule has 1 N–H and O–H groups in total. The molecular weight excluding hydrogens is 182 g/mol. The highest BCUT2D eigenvalue weighted by atomic mass is 14.9. The molecule has 1 heterocycles. The molecule has 1 saturated heterocycles. The van der Waals surface area contributed by atoms with Crippen LogP contribution in [0.3, 0.4) is 0 Å². The molecule has 0 radical (unpaired) electrons. The number of hydrogen-bond donors (Lipinski definition) is 1. The Morgan fingerprint density at radius 1 is 1.27 bits per heavy atom. The van der Waals surface area contributed by atoms with E-state index >= 15 is 0 Å². The van der Waals surface area contributed by atoms with E-state index in [0.29, 0.717) is 6.04 Å². The van der Waals surface area contributed by atoms with Crippen LogP contribution < -0.4 is 5.32 Å². The third-order valence-corrected chi connectivity index (χ3v) is 3.23. The highest BCUT2D eigenvalue weighted by Crippen LogP contribution is 2.14. The summed E-state index contributed by atoms with van der Waals surface area (Å²) in [5.74, 6) is 0. The quantitative estimate of drug-likeness (QED) is 0.779. The molecule has 82 valence electrons. The van der Waals surface area contributed by atoms with Crippen molar-refractivity contribution in [1.82, 2.24) is 5.32 Å². The van der Waals surface area contributed by atoms with E-state index in [1.54, 1.807) is 0 Å². The lowest BCUT2D eigenvalue weighted by Crippen LogP contribution is -2.30. The molecule has 1 fully saturated rings. The van der Waals surface area contributed by atoms with Crippen molar-refractivity contribution in [3.8, 4) is 0 Å². The first-order valence-corrected chi connectivity index (χ1v) is 6.13. The number of hydrogen-bond acceptors (Lipinski definition) is 1. The number of rotatable bonds is 2. The molecule has 0 bridgehead atoms. The first kappa shape index (κ1) is 10.7. The van der Waals surface area contributed by atoms with Gasteiger partial charge in [-0.2, -0.15) is 0 Å². The topological polar surface area (TPSA) is 12.0 Å². The van der Waals surface area contributed by atoms with Crippen LogP contribution in [-0.2, 0) is 6.42 Å². The van der Waals surface area contributed by atoms with Crippen LogP contribution in [0.15, 0.2) is 24.3 Å². The second kappa shape index (κ2) is 5.32. The number of aryl methyl sites for hydroxylation is 1. The van der Waals surface area contributed by atoms with Gasteiger partial charge in [0.1, 0.15) is 0 Å². The van der Waals surface area contributed by atoms with Crippen LogP contribution in [0.5, 0.6) is 0 Å². The van der Waals surface area contributed by atoms with Gasteiger partial charge in [0, 0.05) is 6.04 Å². The predicted molar refractivity (Wildman–Crippen MR) is 65.1 cm³/mol. The molecule has 1 aliphatic rings. The van der Waals surface area contributed by atoms with Gasteiger partial charge >= 0.3 is 0 Å². The van der Waals surface area contributed by atoms with Gasteiger partial charge in [-0.25, -0.2) is 0 Å². The van der Waals surface area contributed by atoms with E-state index in [1.165, 1.54) is 49.8 Å². The summed E-state index contributed by atoms with van der Waals surface area (Å²) in [5.41, 5.74) is 2.86. The molecule has 1 aromatic rings. The SMILES string of the molecule is Cc1cccc(C[C@H]2CCCCCN2)c1. The van der Waals surface area contributed by atoms with Crippen molar-refractivity contribution in [1.29, 1.82) is 0 Å². The Balaban J connectivity index is 1.95. The molecule has 0 amide bonds. The van der Waals surface area contributed by atoms with Crippen molar-refractivity contribution < 1.29 is 0 Å². The fourth-order valence-electron chi connectivity index (χ4n) is 2.40. The smallest absolute Gasteiger partial charge is 0.0107 e. The first-order chi connectivity index (χ1) is 7.34. The molecule has 1 aromatic carbocycles. The minimum absolute atomic E-state index is 0.703. The average molecular weight is 203 g/mol. The maximum Gasteiger partial charge on any atom is 0.0107 e. The summed E-state index contributed by atoms with van der Waals surface area (Å²) in [7, 11) is 0. The van der Waals surface area contributed by atoms with Crippen LogP contribution in [0.1, 0.15) is 36.8 Å². The zero-order chi connectivity index (χ0) is 10.5. The van der Waals surface area contributed by atoms with Gasteiger partial charge in [0.2, 0.25) is 0 Å². The third kappa shape index (κ3) is 3.35. The van der Waals surface area contributed by atoms with Crippen molar-refractivity contribution >= 4 is 0 Å². The summed E-state index contributed by atoms with van der Waals surface area (Å²) in [6, 6.07) is 9.60. The maximum absolute atomic E-state index is 3.65. The van der Waals surface area contributed by atoms with Gasteiger partial charge in [-0.15, -0.1) is 0 Å². The lowest BCUT2D eigenvalue weighted by molar-refractivity contribution is 0.507. The van der Waals surface area contributed by atoms with E-state index in [0.717, 1.165) is 0 Å². The molecule has 0 aromatic heterocycles. The summed E-state index contributed by atoms with van der Waals surface area (Å²) >= 11 is 0. The standard InChI is InChI=1S/C14H21N/c1-12-6-5-7-13(10-12)11-14-8-3-2-4-9-15-14/h5-7,10,14-15H,2-4,8-9,11H2,1H3/t14-/m1/s1. The minimum Gasteiger partial charge on any atom is -0.314 e. The molecule has 2 rings (SSSR count). The van der Waals surface area contributed by atoms with Gasteiger partial charge in [-0.1, -0.05) is 42.7 Å². The van der Waals surface area contributed by atoms with Crippen LogP contribution in [0.2, 0.25) is 0 Å². The zero-order valence-corrected chi connectivity index (χ0v) is 9.63. The van der Waals surface area contributed by atoms with Gasteiger partial charge < -0.3 is 5.32 Å². The van der Waals surface area contributed by atoms with Gasteiger partial charge in [-0.3, -0.25) is 0 Å². The van der Waals surface area contributed by atoms with E-state index < -0.39 is 0 Å². The summed E-state index contributed by atoms with van der Waals surface area (Å²) in [5, 5.41) is 3.65. The molecule has 0 aliphatic carbocycles. The Kier molecular flexibility index (Phi) is 3.79. The Hall–Kier alpha value is -0.820. The molecule has 1 nitrogen and oxygen atoms in total. The van der Waals surface area contributed by atoms with Crippen molar-refractivity contribution in [2.75, 3.05) is 6.54 Å². The van der Waals surface area contributed by atoms with Gasteiger partial charge in [0.15, 0.2) is 0 Å². The van der Waals surface area contributed by atoms with Gasteiger partial charge in [0.05, 0.1) is 0 Å². The minimum atomic E-state index is 0.703. The molecule has 1 atom stereocenters. The lowest BCUT2D eigenvalue weighted by atomic mass is 10.0. The fraction of sp³-hybridized carbons (Fsp3) is 0.571.